The molecule has 0 bridgehead atoms. The highest BCUT2D eigenvalue weighted by Crippen LogP contribution is 2.29. The Morgan fingerprint density at radius 1 is 1.23 bits per heavy atom. The Morgan fingerprint density at radius 3 is 2.86 bits per heavy atom. The van der Waals surface area contributed by atoms with Crippen molar-refractivity contribution in [2.24, 2.45) is 13.0 Å². The Kier molecular flexibility index (Phi) is 3.20. The van der Waals surface area contributed by atoms with Crippen LogP contribution in [0.3, 0.4) is 0 Å². The zero-order valence-corrected chi connectivity index (χ0v) is 12.8. The minimum atomic E-state index is 0.0970. The molecule has 116 valence electrons. The molecule has 0 aromatic carbocycles. The summed E-state index contributed by atoms with van der Waals surface area (Å²) in [7, 11) is 1.88. The number of anilines is 1. The van der Waals surface area contributed by atoms with Gasteiger partial charge in [0.25, 0.3) is 0 Å². The molecule has 1 unspecified atom stereocenters. The smallest absolute Gasteiger partial charge is 0.227 e. The summed E-state index contributed by atoms with van der Waals surface area (Å²) in [5, 5.41) is 5.21. The maximum atomic E-state index is 12.5. The number of hydrogen-bond acceptors (Lipinski definition) is 5. The summed E-state index contributed by atoms with van der Waals surface area (Å²) < 4.78 is 1.75. The maximum Gasteiger partial charge on any atom is 0.227 e. The van der Waals surface area contributed by atoms with E-state index >= 15 is 0 Å². The summed E-state index contributed by atoms with van der Waals surface area (Å²) in [5.74, 6) is 1.31. The van der Waals surface area contributed by atoms with E-state index in [1.165, 1.54) is 0 Å². The fourth-order valence-corrected chi connectivity index (χ4v) is 3.55. The third-order valence-electron chi connectivity index (χ3n) is 4.76. The molecule has 1 amide bonds. The van der Waals surface area contributed by atoms with Crippen LogP contribution in [0.5, 0.6) is 0 Å². The highest BCUT2D eigenvalue weighted by molar-refractivity contribution is 5.87. The number of rotatable bonds is 2. The van der Waals surface area contributed by atoms with Crippen LogP contribution in [0.2, 0.25) is 0 Å². The maximum absolute atomic E-state index is 12.5. The molecule has 7 heteroatoms. The Bertz CT molecular complexity index is 705. The largest absolute Gasteiger partial charge is 0.355 e. The van der Waals surface area contributed by atoms with Gasteiger partial charge in [-0.1, -0.05) is 0 Å². The zero-order valence-electron chi connectivity index (χ0n) is 12.8. The van der Waals surface area contributed by atoms with Crippen LogP contribution in [-0.2, 0) is 11.8 Å². The van der Waals surface area contributed by atoms with Gasteiger partial charge in [0, 0.05) is 33.2 Å². The minimum absolute atomic E-state index is 0.0970. The highest BCUT2D eigenvalue weighted by atomic mass is 16.2. The van der Waals surface area contributed by atoms with Crippen molar-refractivity contribution in [3.63, 3.8) is 0 Å². The Morgan fingerprint density at radius 2 is 2.05 bits per heavy atom. The minimum Gasteiger partial charge on any atom is -0.355 e. The first kappa shape index (κ1) is 13.5. The first-order chi connectivity index (χ1) is 10.7. The molecule has 22 heavy (non-hydrogen) atoms. The number of aryl methyl sites for hydroxylation is 1. The number of carbonyl (C=O) groups excluding carboxylic acids is 1. The van der Waals surface area contributed by atoms with E-state index in [0.717, 1.165) is 62.3 Å². The molecule has 4 heterocycles. The molecule has 2 aliphatic heterocycles. The van der Waals surface area contributed by atoms with Crippen LogP contribution in [0.1, 0.15) is 19.3 Å². The van der Waals surface area contributed by atoms with Gasteiger partial charge in [-0.15, -0.1) is 0 Å². The van der Waals surface area contributed by atoms with Crippen LogP contribution in [-0.4, -0.2) is 56.7 Å². The lowest BCUT2D eigenvalue weighted by Gasteiger charge is -2.21. The number of likely N-dealkylation sites (tertiary alicyclic amines) is 1. The molecule has 0 saturated carbocycles. The Balaban J connectivity index is 1.55. The Hall–Kier alpha value is -2.18. The summed E-state index contributed by atoms with van der Waals surface area (Å²) >= 11 is 0. The van der Waals surface area contributed by atoms with Crippen molar-refractivity contribution >= 4 is 22.8 Å². The first-order valence-corrected chi connectivity index (χ1v) is 7.90. The predicted molar refractivity (Wildman–Crippen MR) is 82.4 cm³/mol. The SMILES string of the molecule is Cn1ncc2c(N3CCC(C(=O)N4CCCC4)C3)ncnc21. The number of hydrogen-bond donors (Lipinski definition) is 0. The number of aromatic nitrogens is 4. The van der Waals surface area contributed by atoms with Crippen molar-refractivity contribution in [2.75, 3.05) is 31.1 Å². The van der Waals surface area contributed by atoms with Crippen molar-refractivity contribution in [3.05, 3.63) is 12.5 Å². The van der Waals surface area contributed by atoms with Crippen LogP contribution in [0, 0.1) is 5.92 Å². The highest BCUT2D eigenvalue weighted by Gasteiger charge is 2.33. The number of fused-ring (bicyclic) bond motifs is 1. The third kappa shape index (κ3) is 2.12. The van der Waals surface area contributed by atoms with Crippen LogP contribution in [0.4, 0.5) is 5.82 Å². The van der Waals surface area contributed by atoms with Crippen LogP contribution < -0.4 is 4.90 Å². The average molecular weight is 300 g/mol. The second kappa shape index (κ2) is 5.23. The molecule has 2 aromatic rings. The fourth-order valence-electron chi connectivity index (χ4n) is 3.55. The van der Waals surface area contributed by atoms with Crippen molar-refractivity contribution in [1.82, 2.24) is 24.6 Å². The lowest BCUT2D eigenvalue weighted by atomic mass is 10.1. The molecule has 2 aliphatic rings. The van der Waals surface area contributed by atoms with Gasteiger partial charge < -0.3 is 9.80 Å². The van der Waals surface area contributed by atoms with E-state index in [2.05, 4.69) is 20.0 Å². The fraction of sp³-hybridized carbons (Fsp3) is 0.600. The van der Waals surface area contributed by atoms with E-state index in [-0.39, 0.29) is 5.92 Å². The lowest BCUT2D eigenvalue weighted by Crippen LogP contribution is -2.35. The summed E-state index contributed by atoms with van der Waals surface area (Å²) in [6.07, 6.45) is 6.57. The van der Waals surface area contributed by atoms with E-state index in [1.807, 2.05) is 11.9 Å². The number of amides is 1. The zero-order chi connectivity index (χ0) is 15.1. The molecular weight excluding hydrogens is 280 g/mol. The molecule has 0 spiro atoms. The van der Waals surface area contributed by atoms with Gasteiger partial charge in [-0.25, -0.2) is 9.97 Å². The van der Waals surface area contributed by atoms with Gasteiger partial charge in [0.15, 0.2) is 5.65 Å². The van der Waals surface area contributed by atoms with Gasteiger partial charge in [-0.3, -0.25) is 9.48 Å². The molecule has 7 nitrogen and oxygen atoms in total. The summed E-state index contributed by atoms with van der Waals surface area (Å²) in [6.45, 7) is 3.47. The predicted octanol–water partition coefficient (Wildman–Crippen LogP) is 0.812. The lowest BCUT2D eigenvalue weighted by molar-refractivity contribution is -0.133. The normalized spacial score (nSPS) is 22.0. The Labute approximate surface area is 128 Å². The van der Waals surface area contributed by atoms with Gasteiger partial charge in [0.1, 0.15) is 12.1 Å². The molecule has 2 aromatic heterocycles. The van der Waals surface area contributed by atoms with Crippen LogP contribution in [0.25, 0.3) is 11.0 Å². The summed E-state index contributed by atoms with van der Waals surface area (Å²) in [6, 6.07) is 0. The van der Waals surface area contributed by atoms with Gasteiger partial charge in [-0.05, 0) is 19.3 Å². The van der Waals surface area contributed by atoms with Gasteiger partial charge in [0.05, 0.1) is 17.5 Å². The summed E-state index contributed by atoms with van der Waals surface area (Å²) in [5.41, 5.74) is 0.833. The molecular formula is C15H20N6O. The second-order valence-electron chi connectivity index (χ2n) is 6.17. The standard InChI is InChI=1S/C15H20N6O/c1-19-13-12(8-18-19)14(17-10-16-13)21-7-4-11(9-21)15(22)20-5-2-3-6-20/h8,10-11H,2-7,9H2,1H3. The number of carbonyl (C=O) groups is 1. The van der Waals surface area contributed by atoms with Crippen molar-refractivity contribution < 1.29 is 4.79 Å². The van der Waals surface area contributed by atoms with E-state index < -0.39 is 0 Å². The number of nitrogens with zero attached hydrogens (tertiary/aromatic N) is 6. The van der Waals surface area contributed by atoms with Gasteiger partial charge >= 0.3 is 0 Å². The van der Waals surface area contributed by atoms with Gasteiger partial charge in [0.2, 0.25) is 5.91 Å². The third-order valence-corrected chi connectivity index (χ3v) is 4.76. The van der Waals surface area contributed by atoms with Crippen molar-refractivity contribution in [3.8, 4) is 0 Å². The van der Waals surface area contributed by atoms with Crippen molar-refractivity contribution in [1.29, 1.82) is 0 Å². The van der Waals surface area contributed by atoms with E-state index in [4.69, 9.17) is 0 Å². The molecule has 0 radical (unpaired) electrons. The van der Waals surface area contributed by atoms with Crippen LogP contribution >= 0.6 is 0 Å². The molecule has 1 atom stereocenters. The molecule has 0 aliphatic carbocycles. The molecule has 2 fully saturated rings. The van der Waals surface area contributed by atoms with E-state index in [1.54, 1.807) is 17.2 Å². The van der Waals surface area contributed by atoms with Gasteiger partial charge in [-0.2, -0.15) is 5.10 Å². The monoisotopic (exact) mass is 300 g/mol. The van der Waals surface area contributed by atoms with E-state index in [9.17, 15) is 4.79 Å². The molecule has 4 rings (SSSR count). The second-order valence-corrected chi connectivity index (χ2v) is 6.17. The topological polar surface area (TPSA) is 67.2 Å². The molecule has 2 saturated heterocycles. The molecule has 0 N–H and O–H groups in total. The first-order valence-electron chi connectivity index (χ1n) is 7.90. The average Bonchev–Trinajstić information content (AvgIpc) is 3.28. The van der Waals surface area contributed by atoms with Crippen molar-refractivity contribution in [2.45, 2.75) is 19.3 Å². The van der Waals surface area contributed by atoms with E-state index in [0.29, 0.717) is 5.91 Å². The quantitative estimate of drug-likeness (QED) is 0.821. The van der Waals surface area contributed by atoms with Crippen LogP contribution in [0.15, 0.2) is 12.5 Å². The summed E-state index contributed by atoms with van der Waals surface area (Å²) in [4.78, 5) is 25.5.